The number of hydrogen-bond donors (Lipinski definition) is 1. The number of hydrogen-bond acceptors (Lipinski definition) is 7. The van der Waals surface area contributed by atoms with Crippen LogP contribution in [0.5, 0.6) is 11.5 Å². The van der Waals surface area contributed by atoms with Crippen LogP contribution < -0.4 is 14.4 Å². The molecule has 1 N–H and O–H groups in total. The molecule has 2 heterocycles. The Hall–Kier alpha value is -4.17. The lowest BCUT2D eigenvalue weighted by Crippen LogP contribution is -2.29. The molecule has 0 saturated carbocycles. The number of ketones is 1. The molecule has 1 aliphatic heterocycles. The van der Waals surface area contributed by atoms with Crippen LogP contribution in [0.25, 0.3) is 16.0 Å². The number of aliphatic hydroxyl groups is 1. The van der Waals surface area contributed by atoms with Gasteiger partial charge in [0.2, 0.25) is 0 Å². The Bertz CT molecular complexity index is 1460. The van der Waals surface area contributed by atoms with Crippen LogP contribution in [-0.4, -0.2) is 35.5 Å². The Morgan fingerprint density at radius 3 is 2.57 bits per heavy atom. The Morgan fingerprint density at radius 2 is 1.83 bits per heavy atom. The lowest BCUT2D eigenvalue weighted by Gasteiger charge is -2.23. The van der Waals surface area contributed by atoms with E-state index in [0.29, 0.717) is 39.9 Å². The number of carbonyl (C=O) groups is 2. The maximum Gasteiger partial charge on any atom is 0.301 e. The van der Waals surface area contributed by atoms with Gasteiger partial charge in [0.1, 0.15) is 17.3 Å². The fourth-order valence-electron chi connectivity index (χ4n) is 4.16. The van der Waals surface area contributed by atoms with Gasteiger partial charge in [0.05, 0.1) is 35.5 Å². The Kier molecular flexibility index (Phi) is 5.96. The summed E-state index contributed by atoms with van der Waals surface area (Å²) in [5.41, 5.74) is 1.77. The quantitative estimate of drug-likeness (QED) is 0.225. The summed E-state index contributed by atoms with van der Waals surface area (Å²) in [7, 11) is 1.58. The highest BCUT2D eigenvalue weighted by molar-refractivity contribution is 7.22. The number of rotatable bonds is 6. The molecule has 1 saturated heterocycles. The number of aromatic nitrogens is 1. The minimum absolute atomic E-state index is 0.00619. The van der Waals surface area contributed by atoms with Crippen molar-refractivity contribution in [3.63, 3.8) is 0 Å². The van der Waals surface area contributed by atoms with Crippen LogP contribution in [0.1, 0.15) is 24.1 Å². The minimum Gasteiger partial charge on any atom is -0.507 e. The minimum atomic E-state index is -0.839. The zero-order chi connectivity index (χ0) is 24.5. The molecule has 7 nitrogen and oxygen atoms in total. The van der Waals surface area contributed by atoms with E-state index in [1.54, 1.807) is 37.4 Å². The molecule has 3 aromatic carbocycles. The summed E-state index contributed by atoms with van der Waals surface area (Å²) in [4.78, 5) is 32.7. The van der Waals surface area contributed by atoms with Crippen LogP contribution in [-0.2, 0) is 9.59 Å². The van der Waals surface area contributed by atoms with Crippen molar-refractivity contribution in [2.75, 3.05) is 18.6 Å². The molecule has 4 aromatic rings. The van der Waals surface area contributed by atoms with E-state index < -0.39 is 17.7 Å². The van der Waals surface area contributed by atoms with Crippen molar-refractivity contribution in [2.24, 2.45) is 0 Å². The standard InChI is InChI=1S/C27H22N2O5S/c1-3-34-19-11-7-10-17(14-19)24(30)22-23(16-8-5-4-6-9-16)29(26(32)25(22)31)27-28-20-13-12-18(33-2)15-21(20)35-27/h4-15,23,30H,3H2,1-2H3. The topological polar surface area (TPSA) is 89.0 Å². The van der Waals surface area contributed by atoms with Gasteiger partial charge in [-0.15, -0.1) is 0 Å². The number of carbonyl (C=O) groups excluding carboxylic acids is 2. The summed E-state index contributed by atoms with van der Waals surface area (Å²) in [5, 5.41) is 11.7. The summed E-state index contributed by atoms with van der Waals surface area (Å²) in [6, 6.07) is 20.6. The molecule has 0 spiro atoms. The Morgan fingerprint density at radius 1 is 1.03 bits per heavy atom. The van der Waals surface area contributed by atoms with E-state index in [9.17, 15) is 14.7 Å². The molecule has 1 aliphatic rings. The first kappa shape index (κ1) is 22.6. The maximum atomic E-state index is 13.4. The van der Waals surface area contributed by atoms with Gasteiger partial charge in [0, 0.05) is 5.56 Å². The number of anilines is 1. The normalized spacial score (nSPS) is 17.2. The number of fused-ring (bicyclic) bond motifs is 1. The molecule has 0 radical (unpaired) electrons. The predicted molar refractivity (Wildman–Crippen MR) is 135 cm³/mol. The predicted octanol–water partition coefficient (Wildman–Crippen LogP) is 5.33. The fourth-order valence-corrected chi connectivity index (χ4v) is 5.18. The zero-order valence-electron chi connectivity index (χ0n) is 19.1. The van der Waals surface area contributed by atoms with Crippen molar-refractivity contribution in [3.8, 4) is 11.5 Å². The van der Waals surface area contributed by atoms with E-state index in [0.717, 1.165) is 4.70 Å². The summed E-state index contributed by atoms with van der Waals surface area (Å²) >= 11 is 1.28. The molecule has 0 bridgehead atoms. The van der Waals surface area contributed by atoms with Crippen molar-refractivity contribution in [3.05, 3.63) is 89.5 Å². The third-order valence-electron chi connectivity index (χ3n) is 5.77. The van der Waals surface area contributed by atoms with Gasteiger partial charge in [-0.05, 0) is 42.8 Å². The molecule has 0 aliphatic carbocycles. The van der Waals surface area contributed by atoms with Crippen LogP contribution in [0.4, 0.5) is 5.13 Å². The molecule has 5 rings (SSSR count). The monoisotopic (exact) mass is 486 g/mol. The number of nitrogens with zero attached hydrogens (tertiary/aromatic N) is 2. The van der Waals surface area contributed by atoms with Gasteiger partial charge in [-0.1, -0.05) is 53.8 Å². The van der Waals surface area contributed by atoms with Gasteiger partial charge in [-0.25, -0.2) is 4.98 Å². The van der Waals surface area contributed by atoms with Gasteiger partial charge in [0.15, 0.2) is 5.13 Å². The second kappa shape index (κ2) is 9.23. The van der Waals surface area contributed by atoms with Gasteiger partial charge in [-0.2, -0.15) is 0 Å². The van der Waals surface area contributed by atoms with Gasteiger partial charge >= 0.3 is 5.91 Å². The number of aliphatic hydroxyl groups excluding tert-OH is 1. The number of amides is 1. The fraction of sp³-hybridized carbons (Fsp3) is 0.148. The molecule has 1 fully saturated rings. The molecule has 176 valence electrons. The largest absolute Gasteiger partial charge is 0.507 e. The summed E-state index contributed by atoms with van der Waals surface area (Å²) in [6.45, 7) is 2.32. The number of benzene rings is 3. The number of methoxy groups -OCH3 is 1. The molecule has 1 unspecified atom stereocenters. The lowest BCUT2D eigenvalue weighted by atomic mass is 9.95. The first-order valence-electron chi connectivity index (χ1n) is 11.1. The molecular weight excluding hydrogens is 464 g/mol. The van der Waals surface area contributed by atoms with Crippen LogP contribution in [0.15, 0.2) is 78.4 Å². The Labute approximate surface area is 205 Å². The van der Waals surface area contributed by atoms with E-state index in [1.165, 1.54) is 16.2 Å². The van der Waals surface area contributed by atoms with Crippen molar-refractivity contribution in [1.82, 2.24) is 4.98 Å². The summed E-state index contributed by atoms with van der Waals surface area (Å²) < 4.78 is 11.7. The van der Waals surface area contributed by atoms with E-state index >= 15 is 0 Å². The smallest absolute Gasteiger partial charge is 0.301 e. The van der Waals surface area contributed by atoms with Crippen molar-refractivity contribution < 1.29 is 24.2 Å². The molecule has 1 aromatic heterocycles. The summed E-state index contributed by atoms with van der Waals surface area (Å²) in [6.07, 6.45) is 0. The number of thiazole rings is 1. The van der Waals surface area contributed by atoms with Crippen LogP contribution in [0.3, 0.4) is 0 Å². The van der Waals surface area contributed by atoms with Crippen molar-refractivity contribution in [2.45, 2.75) is 13.0 Å². The third kappa shape index (κ3) is 4.02. The van der Waals surface area contributed by atoms with Crippen LogP contribution in [0.2, 0.25) is 0 Å². The number of Topliss-reactive ketones (excluding diaryl/α,β-unsaturated/α-hetero) is 1. The van der Waals surface area contributed by atoms with Crippen molar-refractivity contribution in [1.29, 1.82) is 0 Å². The highest BCUT2D eigenvalue weighted by atomic mass is 32.1. The van der Waals surface area contributed by atoms with E-state index in [-0.39, 0.29) is 11.3 Å². The number of ether oxygens (including phenoxy) is 2. The van der Waals surface area contributed by atoms with Gasteiger partial charge < -0.3 is 14.6 Å². The van der Waals surface area contributed by atoms with Crippen molar-refractivity contribution >= 4 is 44.1 Å². The first-order chi connectivity index (χ1) is 17.0. The molecule has 1 atom stereocenters. The lowest BCUT2D eigenvalue weighted by molar-refractivity contribution is -0.132. The molecular formula is C27H22N2O5S. The van der Waals surface area contributed by atoms with Crippen LogP contribution >= 0.6 is 11.3 Å². The van der Waals surface area contributed by atoms with Gasteiger partial charge in [-0.3, -0.25) is 14.5 Å². The second-order valence-electron chi connectivity index (χ2n) is 7.87. The summed E-state index contributed by atoms with van der Waals surface area (Å²) in [5.74, 6) is -0.544. The first-order valence-corrected chi connectivity index (χ1v) is 11.9. The van der Waals surface area contributed by atoms with E-state index in [2.05, 4.69) is 4.98 Å². The average molecular weight is 487 g/mol. The van der Waals surface area contributed by atoms with Gasteiger partial charge in [0.25, 0.3) is 5.78 Å². The SMILES string of the molecule is CCOc1cccc(C(O)=C2C(=O)C(=O)N(c3nc4ccc(OC)cc4s3)C2c2ccccc2)c1. The second-order valence-corrected chi connectivity index (χ2v) is 8.88. The van der Waals surface area contributed by atoms with Crippen LogP contribution in [0, 0.1) is 0 Å². The third-order valence-corrected chi connectivity index (χ3v) is 6.79. The highest BCUT2D eigenvalue weighted by Gasteiger charge is 2.48. The highest BCUT2D eigenvalue weighted by Crippen LogP contribution is 2.44. The molecule has 1 amide bonds. The average Bonchev–Trinajstić information content (AvgIpc) is 3.42. The molecule has 35 heavy (non-hydrogen) atoms. The molecule has 8 heteroatoms. The van der Waals surface area contributed by atoms with E-state index in [4.69, 9.17) is 9.47 Å². The van der Waals surface area contributed by atoms with E-state index in [1.807, 2.05) is 49.4 Å². The maximum absolute atomic E-state index is 13.4. The Balaban J connectivity index is 1.69. The zero-order valence-corrected chi connectivity index (χ0v) is 19.9.